The lowest BCUT2D eigenvalue weighted by Crippen LogP contribution is -2.14. The smallest absolute Gasteiger partial charge is 0.255 e. The molecular formula is C23H20N4O4S. The normalized spacial score (nSPS) is 10.5. The molecule has 2 aromatic heterocycles. The van der Waals surface area contributed by atoms with Crippen LogP contribution in [-0.2, 0) is 11.2 Å². The van der Waals surface area contributed by atoms with E-state index in [4.69, 9.17) is 9.15 Å². The molecule has 162 valence electrons. The Kier molecular flexibility index (Phi) is 6.57. The number of anilines is 2. The monoisotopic (exact) mass is 448 g/mol. The molecule has 4 aromatic rings. The highest BCUT2D eigenvalue weighted by Gasteiger charge is 2.12. The molecule has 0 atom stereocenters. The van der Waals surface area contributed by atoms with Crippen molar-refractivity contribution in [1.82, 2.24) is 10.2 Å². The first-order valence-electron chi connectivity index (χ1n) is 9.81. The van der Waals surface area contributed by atoms with Gasteiger partial charge in [0.1, 0.15) is 5.75 Å². The van der Waals surface area contributed by atoms with Gasteiger partial charge < -0.3 is 19.8 Å². The van der Waals surface area contributed by atoms with Crippen LogP contribution in [0.1, 0.15) is 22.7 Å². The average Bonchev–Trinajstić information content (AvgIpc) is 3.51. The van der Waals surface area contributed by atoms with Crippen molar-refractivity contribution in [2.24, 2.45) is 0 Å². The molecule has 2 aromatic carbocycles. The van der Waals surface area contributed by atoms with E-state index in [-0.39, 0.29) is 18.2 Å². The van der Waals surface area contributed by atoms with Crippen LogP contribution < -0.4 is 15.4 Å². The van der Waals surface area contributed by atoms with Gasteiger partial charge in [0.15, 0.2) is 0 Å². The third kappa shape index (κ3) is 5.38. The van der Waals surface area contributed by atoms with Gasteiger partial charge in [-0.1, -0.05) is 0 Å². The molecule has 0 aliphatic rings. The van der Waals surface area contributed by atoms with Gasteiger partial charge in [0.05, 0.1) is 7.11 Å². The molecule has 9 heteroatoms. The number of methoxy groups -OCH3 is 1. The molecule has 0 aliphatic heterocycles. The molecule has 2 amide bonds. The van der Waals surface area contributed by atoms with E-state index in [2.05, 4.69) is 20.8 Å². The zero-order valence-electron chi connectivity index (χ0n) is 17.2. The molecule has 0 bridgehead atoms. The van der Waals surface area contributed by atoms with Crippen LogP contribution in [0.2, 0.25) is 0 Å². The van der Waals surface area contributed by atoms with Crippen molar-refractivity contribution in [2.45, 2.75) is 12.8 Å². The molecule has 32 heavy (non-hydrogen) atoms. The molecule has 0 aliphatic carbocycles. The number of thiophene rings is 1. The lowest BCUT2D eigenvalue weighted by Gasteiger charge is -2.08. The summed E-state index contributed by atoms with van der Waals surface area (Å²) < 4.78 is 10.7. The maximum Gasteiger partial charge on any atom is 0.255 e. The van der Waals surface area contributed by atoms with Gasteiger partial charge in [-0.2, -0.15) is 11.3 Å². The number of aromatic nitrogens is 2. The van der Waals surface area contributed by atoms with Crippen LogP contribution in [0.5, 0.6) is 5.75 Å². The third-order valence-corrected chi connectivity index (χ3v) is 5.26. The summed E-state index contributed by atoms with van der Waals surface area (Å²) in [4.78, 5) is 24.6. The number of amides is 2. The van der Waals surface area contributed by atoms with E-state index in [9.17, 15) is 9.59 Å². The average molecular weight is 449 g/mol. The minimum absolute atomic E-state index is 0.185. The number of aryl methyl sites for hydroxylation is 1. The molecule has 2 N–H and O–H groups in total. The van der Waals surface area contributed by atoms with Crippen LogP contribution >= 0.6 is 11.3 Å². The molecule has 0 spiro atoms. The highest BCUT2D eigenvalue weighted by Crippen LogP contribution is 2.21. The van der Waals surface area contributed by atoms with Gasteiger partial charge in [0.25, 0.3) is 5.91 Å². The lowest BCUT2D eigenvalue weighted by atomic mass is 10.2. The van der Waals surface area contributed by atoms with Crippen LogP contribution in [0.25, 0.3) is 11.5 Å². The van der Waals surface area contributed by atoms with Gasteiger partial charge in [-0.25, -0.2) is 0 Å². The number of nitrogens with zero attached hydrogens (tertiary/aromatic N) is 2. The van der Waals surface area contributed by atoms with Crippen LogP contribution in [0, 0.1) is 0 Å². The maximum atomic E-state index is 12.4. The number of carbonyl (C=O) groups excluding carboxylic acids is 2. The lowest BCUT2D eigenvalue weighted by molar-refractivity contribution is -0.116. The number of nitrogens with one attached hydrogen (secondary N) is 2. The van der Waals surface area contributed by atoms with Crippen molar-refractivity contribution in [3.8, 4) is 17.2 Å². The first kappa shape index (κ1) is 21.3. The SMILES string of the molecule is COc1ccc(NC(=O)c2ccc(NC(=O)CCc3nnc(-c4ccsc4)o3)cc2)cc1. The molecule has 0 saturated carbocycles. The summed E-state index contributed by atoms with van der Waals surface area (Å²) in [6, 6.07) is 15.6. The van der Waals surface area contributed by atoms with E-state index in [1.165, 1.54) is 0 Å². The Bertz CT molecular complexity index is 1190. The summed E-state index contributed by atoms with van der Waals surface area (Å²) in [5.74, 6) is 1.14. The number of rotatable bonds is 8. The fourth-order valence-corrected chi connectivity index (χ4v) is 3.51. The van der Waals surface area contributed by atoms with Gasteiger partial charge in [0.2, 0.25) is 17.7 Å². The van der Waals surface area contributed by atoms with Crippen LogP contribution in [0.3, 0.4) is 0 Å². The standard InChI is InChI=1S/C23H20N4O4S/c1-30-19-8-6-18(7-9-19)25-22(29)15-2-4-17(5-3-15)24-20(28)10-11-21-26-27-23(31-21)16-12-13-32-14-16/h2-9,12-14H,10-11H2,1H3,(H,24,28)(H,25,29). The second-order valence-electron chi connectivity index (χ2n) is 6.82. The summed E-state index contributed by atoms with van der Waals surface area (Å²) in [6.07, 6.45) is 0.538. The Morgan fingerprint density at radius 3 is 2.38 bits per heavy atom. The number of hydrogen-bond donors (Lipinski definition) is 2. The fourth-order valence-electron chi connectivity index (χ4n) is 2.88. The summed E-state index contributed by atoms with van der Waals surface area (Å²) in [5, 5.41) is 17.5. The number of hydrogen-bond acceptors (Lipinski definition) is 7. The second-order valence-corrected chi connectivity index (χ2v) is 7.60. The van der Waals surface area contributed by atoms with Crippen molar-refractivity contribution in [3.05, 3.63) is 76.8 Å². The highest BCUT2D eigenvalue weighted by molar-refractivity contribution is 7.08. The summed E-state index contributed by atoms with van der Waals surface area (Å²) >= 11 is 1.55. The molecular weight excluding hydrogens is 428 g/mol. The summed E-state index contributed by atoms with van der Waals surface area (Å²) in [5.41, 5.74) is 2.61. The van der Waals surface area contributed by atoms with Crippen molar-refractivity contribution in [1.29, 1.82) is 0 Å². The number of ether oxygens (including phenoxy) is 1. The minimum atomic E-state index is -0.245. The first-order valence-corrected chi connectivity index (χ1v) is 10.8. The predicted octanol–water partition coefficient (Wildman–Crippen LogP) is 4.63. The molecule has 2 heterocycles. The van der Waals surface area contributed by atoms with Crippen LogP contribution in [0.4, 0.5) is 11.4 Å². The van der Waals surface area contributed by atoms with E-state index in [0.29, 0.717) is 40.9 Å². The molecule has 4 rings (SSSR count). The molecule has 0 radical (unpaired) electrons. The summed E-state index contributed by atoms with van der Waals surface area (Å²) in [7, 11) is 1.58. The van der Waals surface area contributed by atoms with Crippen molar-refractivity contribution in [2.75, 3.05) is 17.7 Å². The first-order chi connectivity index (χ1) is 15.6. The predicted molar refractivity (Wildman–Crippen MR) is 122 cm³/mol. The van der Waals surface area contributed by atoms with E-state index in [1.54, 1.807) is 67.0 Å². The highest BCUT2D eigenvalue weighted by atomic mass is 32.1. The Hall–Kier alpha value is -3.98. The maximum absolute atomic E-state index is 12.4. The number of benzene rings is 2. The van der Waals surface area contributed by atoms with Gasteiger partial charge in [-0.3, -0.25) is 9.59 Å². The van der Waals surface area contributed by atoms with Gasteiger partial charge in [0, 0.05) is 40.7 Å². The minimum Gasteiger partial charge on any atom is -0.497 e. The number of carbonyl (C=O) groups is 2. The van der Waals surface area contributed by atoms with Crippen molar-refractivity contribution < 1.29 is 18.7 Å². The largest absolute Gasteiger partial charge is 0.497 e. The molecule has 0 saturated heterocycles. The van der Waals surface area contributed by atoms with Gasteiger partial charge in [-0.05, 0) is 60.0 Å². The zero-order chi connectivity index (χ0) is 22.3. The van der Waals surface area contributed by atoms with E-state index >= 15 is 0 Å². The van der Waals surface area contributed by atoms with Crippen LogP contribution in [-0.4, -0.2) is 29.1 Å². The van der Waals surface area contributed by atoms with Crippen molar-refractivity contribution >= 4 is 34.5 Å². The van der Waals surface area contributed by atoms with E-state index in [0.717, 1.165) is 5.56 Å². The van der Waals surface area contributed by atoms with Gasteiger partial charge >= 0.3 is 0 Å². The Morgan fingerprint density at radius 2 is 1.69 bits per heavy atom. The quantitative estimate of drug-likeness (QED) is 0.407. The fraction of sp³-hybridized carbons (Fsp3) is 0.130. The van der Waals surface area contributed by atoms with E-state index < -0.39 is 0 Å². The zero-order valence-corrected chi connectivity index (χ0v) is 18.0. The second kappa shape index (κ2) is 9.88. The van der Waals surface area contributed by atoms with Crippen molar-refractivity contribution in [3.63, 3.8) is 0 Å². The Labute approximate surface area is 188 Å². The Balaban J connectivity index is 1.27. The molecule has 0 fully saturated rings. The van der Waals surface area contributed by atoms with Crippen LogP contribution in [0.15, 0.2) is 69.8 Å². The molecule has 8 nitrogen and oxygen atoms in total. The van der Waals surface area contributed by atoms with E-state index in [1.807, 2.05) is 16.8 Å². The van der Waals surface area contributed by atoms with Gasteiger partial charge in [-0.15, -0.1) is 10.2 Å². The molecule has 0 unspecified atom stereocenters. The summed E-state index contributed by atoms with van der Waals surface area (Å²) in [6.45, 7) is 0. The third-order valence-electron chi connectivity index (χ3n) is 4.58. The Morgan fingerprint density at radius 1 is 0.969 bits per heavy atom. The topological polar surface area (TPSA) is 106 Å².